The van der Waals surface area contributed by atoms with Gasteiger partial charge in [-0.05, 0) is 30.7 Å². The SMILES string of the molecule is CC(N)=NS(=O)(=O)C=Cc1ccc(S(N)(=O)=O)cc1. The summed E-state index contributed by atoms with van der Waals surface area (Å²) in [4.78, 5) is -0.0525. The second-order valence-electron chi connectivity index (χ2n) is 3.66. The van der Waals surface area contributed by atoms with Crippen LogP contribution in [0.1, 0.15) is 12.5 Å². The zero-order chi connectivity index (χ0) is 14.7. The summed E-state index contributed by atoms with van der Waals surface area (Å²) >= 11 is 0. The lowest BCUT2D eigenvalue weighted by Crippen LogP contribution is -2.11. The largest absolute Gasteiger partial charge is 0.387 e. The number of primary sulfonamides is 1. The maximum Gasteiger partial charge on any atom is 0.277 e. The summed E-state index contributed by atoms with van der Waals surface area (Å²) in [5, 5.41) is 5.80. The van der Waals surface area contributed by atoms with E-state index in [4.69, 9.17) is 10.9 Å². The Morgan fingerprint density at radius 1 is 1.16 bits per heavy atom. The van der Waals surface area contributed by atoms with Gasteiger partial charge < -0.3 is 5.73 Å². The second kappa shape index (κ2) is 5.51. The molecule has 0 saturated carbocycles. The van der Waals surface area contributed by atoms with Crippen LogP contribution >= 0.6 is 0 Å². The predicted octanol–water partition coefficient (Wildman–Crippen LogP) is 0.0116. The molecule has 0 atom stereocenters. The average Bonchev–Trinajstić information content (AvgIpc) is 2.24. The van der Waals surface area contributed by atoms with Crippen molar-refractivity contribution in [3.05, 3.63) is 35.2 Å². The summed E-state index contributed by atoms with van der Waals surface area (Å²) in [5.74, 6) is -0.0748. The lowest BCUT2D eigenvalue weighted by atomic mass is 10.2. The van der Waals surface area contributed by atoms with E-state index in [-0.39, 0.29) is 10.7 Å². The molecule has 0 aliphatic rings. The van der Waals surface area contributed by atoms with E-state index in [1.165, 1.54) is 37.3 Å². The van der Waals surface area contributed by atoms with Crippen molar-refractivity contribution in [2.75, 3.05) is 0 Å². The fourth-order valence-electron chi connectivity index (χ4n) is 1.16. The number of hydrogen-bond donors (Lipinski definition) is 2. The third-order valence-electron chi connectivity index (χ3n) is 1.91. The molecular weight excluding hydrogens is 290 g/mol. The molecule has 1 aromatic carbocycles. The van der Waals surface area contributed by atoms with Gasteiger partial charge in [-0.25, -0.2) is 13.6 Å². The fourth-order valence-corrected chi connectivity index (χ4v) is 2.47. The van der Waals surface area contributed by atoms with Gasteiger partial charge in [0.15, 0.2) is 0 Å². The molecule has 0 aromatic heterocycles. The molecule has 0 unspecified atom stereocenters. The van der Waals surface area contributed by atoms with E-state index < -0.39 is 20.0 Å². The molecule has 9 heteroatoms. The van der Waals surface area contributed by atoms with Gasteiger partial charge in [0, 0.05) is 0 Å². The molecule has 0 heterocycles. The topological polar surface area (TPSA) is 133 Å². The molecule has 0 saturated heterocycles. The molecule has 0 fully saturated rings. The molecule has 1 aromatic rings. The summed E-state index contributed by atoms with van der Waals surface area (Å²) in [6.07, 6.45) is 1.27. The Hall–Kier alpha value is -1.71. The Balaban J connectivity index is 3.00. The van der Waals surface area contributed by atoms with Gasteiger partial charge in [-0.15, -0.1) is 4.40 Å². The fraction of sp³-hybridized carbons (Fsp3) is 0.100. The molecule has 0 amide bonds. The zero-order valence-corrected chi connectivity index (χ0v) is 11.6. The van der Waals surface area contributed by atoms with E-state index >= 15 is 0 Å². The minimum Gasteiger partial charge on any atom is -0.387 e. The summed E-state index contributed by atoms with van der Waals surface area (Å²) in [7, 11) is -7.54. The summed E-state index contributed by atoms with van der Waals surface area (Å²) in [6.45, 7) is 1.35. The molecule has 4 N–H and O–H groups in total. The molecule has 7 nitrogen and oxygen atoms in total. The molecular formula is C10H13N3O4S2. The number of nitrogens with two attached hydrogens (primary N) is 2. The molecule has 0 spiro atoms. The van der Waals surface area contributed by atoms with Crippen molar-refractivity contribution in [1.82, 2.24) is 0 Å². The molecule has 1 rings (SSSR count). The Morgan fingerprint density at radius 3 is 2.11 bits per heavy atom. The van der Waals surface area contributed by atoms with Gasteiger partial charge in [-0.3, -0.25) is 0 Å². The maximum atomic E-state index is 11.4. The first-order valence-corrected chi connectivity index (χ1v) is 8.03. The molecule has 0 aliphatic heterocycles. The zero-order valence-electron chi connectivity index (χ0n) is 10.0. The second-order valence-corrected chi connectivity index (χ2v) is 6.71. The highest BCUT2D eigenvalue weighted by atomic mass is 32.2. The molecule has 104 valence electrons. The molecule has 0 bridgehead atoms. The Kier molecular flexibility index (Phi) is 4.45. The maximum absolute atomic E-state index is 11.4. The van der Waals surface area contributed by atoms with Crippen LogP contribution in [0.2, 0.25) is 0 Å². The molecule has 19 heavy (non-hydrogen) atoms. The highest BCUT2D eigenvalue weighted by Gasteiger charge is 2.06. The quantitative estimate of drug-likeness (QED) is 0.597. The highest BCUT2D eigenvalue weighted by Crippen LogP contribution is 2.11. The Bertz CT molecular complexity index is 713. The van der Waals surface area contributed by atoms with Crippen LogP contribution < -0.4 is 10.9 Å². The number of benzene rings is 1. The number of nitrogens with zero attached hydrogens (tertiary/aromatic N) is 1. The van der Waals surface area contributed by atoms with E-state index in [1.807, 2.05) is 0 Å². The van der Waals surface area contributed by atoms with E-state index in [2.05, 4.69) is 4.40 Å². The van der Waals surface area contributed by atoms with Crippen molar-refractivity contribution in [2.45, 2.75) is 11.8 Å². The van der Waals surface area contributed by atoms with Crippen LogP contribution in [0.15, 0.2) is 39.0 Å². The average molecular weight is 303 g/mol. The summed E-state index contributed by atoms with van der Waals surface area (Å²) in [6, 6.07) is 5.40. The van der Waals surface area contributed by atoms with Gasteiger partial charge in [-0.1, -0.05) is 12.1 Å². The third-order valence-corrected chi connectivity index (χ3v) is 3.86. The number of hydrogen-bond acceptors (Lipinski definition) is 4. The van der Waals surface area contributed by atoms with E-state index in [1.54, 1.807) is 0 Å². The Morgan fingerprint density at radius 2 is 1.68 bits per heavy atom. The van der Waals surface area contributed by atoms with Crippen molar-refractivity contribution in [2.24, 2.45) is 15.3 Å². The normalized spacial score (nSPS) is 13.9. The number of amidine groups is 1. The van der Waals surface area contributed by atoms with Gasteiger partial charge >= 0.3 is 0 Å². The standard InChI is InChI=1S/C10H13N3O4S2/c1-8(11)13-18(14,15)7-6-9-2-4-10(5-3-9)19(12,16)17/h2-7H,1H3,(H2,11,13)(H2,12,16,17). The molecule has 0 radical (unpaired) electrons. The van der Waals surface area contributed by atoms with Crippen molar-refractivity contribution >= 4 is 32.0 Å². The number of sulfonamides is 2. The van der Waals surface area contributed by atoms with Crippen molar-refractivity contribution in [3.63, 3.8) is 0 Å². The lowest BCUT2D eigenvalue weighted by Gasteiger charge is -1.98. The van der Waals surface area contributed by atoms with Crippen molar-refractivity contribution in [1.29, 1.82) is 0 Å². The lowest BCUT2D eigenvalue weighted by molar-refractivity contribution is 0.597. The molecule has 0 aliphatic carbocycles. The van der Waals surface area contributed by atoms with Gasteiger partial charge in [0.2, 0.25) is 10.0 Å². The van der Waals surface area contributed by atoms with E-state index in [9.17, 15) is 16.8 Å². The van der Waals surface area contributed by atoms with Crippen LogP contribution in [0.4, 0.5) is 0 Å². The van der Waals surface area contributed by atoms with Crippen LogP contribution in [-0.2, 0) is 20.0 Å². The monoisotopic (exact) mass is 303 g/mol. The van der Waals surface area contributed by atoms with Crippen LogP contribution in [0.3, 0.4) is 0 Å². The highest BCUT2D eigenvalue weighted by molar-refractivity contribution is 7.93. The minimum absolute atomic E-state index is 0.0525. The van der Waals surface area contributed by atoms with Crippen molar-refractivity contribution in [3.8, 4) is 0 Å². The van der Waals surface area contributed by atoms with Crippen molar-refractivity contribution < 1.29 is 16.8 Å². The van der Waals surface area contributed by atoms with Gasteiger partial charge in [0.05, 0.1) is 10.3 Å². The summed E-state index contributed by atoms with van der Waals surface area (Å²) < 4.78 is 48.0. The smallest absolute Gasteiger partial charge is 0.277 e. The van der Waals surface area contributed by atoms with Crippen LogP contribution in [-0.4, -0.2) is 22.7 Å². The van der Waals surface area contributed by atoms with Gasteiger partial charge in [-0.2, -0.15) is 8.42 Å². The third kappa shape index (κ3) is 5.20. The Labute approximate surface area is 111 Å². The van der Waals surface area contributed by atoms with Gasteiger partial charge in [0.1, 0.15) is 5.84 Å². The van der Waals surface area contributed by atoms with E-state index in [0.29, 0.717) is 5.56 Å². The van der Waals surface area contributed by atoms with Crippen LogP contribution in [0.5, 0.6) is 0 Å². The first kappa shape index (κ1) is 15.3. The first-order chi connectivity index (χ1) is 8.60. The first-order valence-electron chi connectivity index (χ1n) is 4.98. The van der Waals surface area contributed by atoms with Crippen LogP contribution in [0.25, 0.3) is 6.08 Å². The predicted molar refractivity (Wildman–Crippen MR) is 73.1 cm³/mol. The summed E-state index contributed by atoms with van der Waals surface area (Å²) in [5.41, 5.74) is 5.66. The van der Waals surface area contributed by atoms with Gasteiger partial charge in [0.25, 0.3) is 10.0 Å². The van der Waals surface area contributed by atoms with E-state index in [0.717, 1.165) is 5.41 Å². The number of rotatable bonds is 4. The van der Waals surface area contributed by atoms with Crippen LogP contribution in [0, 0.1) is 0 Å². The minimum atomic E-state index is -3.78.